The molecular formula is C45H35BrCl4N10O5Y-2. The van der Waals surface area contributed by atoms with Gasteiger partial charge in [-0.2, -0.15) is 0 Å². The zero-order valence-corrected chi connectivity index (χ0v) is 43.0. The molecule has 10 heterocycles. The topological polar surface area (TPSA) is 186 Å². The van der Waals surface area contributed by atoms with E-state index in [1.54, 1.807) is 139 Å². The first-order valence-corrected chi connectivity index (χ1v) is 20.6. The summed E-state index contributed by atoms with van der Waals surface area (Å²) in [6, 6.07) is 18.4. The summed E-state index contributed by atoms with van der Waals surface area (Å²) in [5.74, 6) is 2.17. The van der Waals surface area contributed by atoms with Crippen molar-refractivity contribution in [2.24, 2.45) is 0 Å². The molecule has 1 N–H and O–H groups in total. The van der Waals surface area contributed by atoms with E-state index in [2.05, 4.69) is 71.8 Å². The van der Waals surface area contributed by atoms with Crippen molar-refractivity contribution in [3.8, 4) is 23.5 Å². The molecule has 1 radical (unpaired) electrons. The van der Waals surface area contributed by atoms with Crippen LogP contribution in [0.15, 0.2) is 126 Å². The predicted octanol–water partition coefficient (Wildman–Crippen LogP) is 11.1. The molecule has 0 saturated carbocycles. The molecule has 0 unspecified atom stereocenters. The smallest absolute Gasteiger partial charge is 0.250 e. The van der Waals surface area contributed by atoms with Gasteiger partial charge in [-0.05, 0) is 58.0 Å². The molecule has 0 spiro atoms. The van der Waals surface area contributed by atoms with Crippen LogP contribution >= 0.6 is 62.3 Å². The molecule has 0 saturated heterocycles. The second-order valence-electron chi connectivity index (χ2n) is 12.4. The van der Waals surface area contributed by atoms with Crippen LogP contribution in [0.1, 0.15) is 0 Å². The molecule has 0 aliphatic carbocycles. The first-order chi connectivity index (χ1) is 31.0. The Morgan fingerprint density at radius 2 is 0.970 bits per heavy atom. The van der Waals surface area contributed by atoms with Crippen LogP contribution in [-0.2, 0) is 32.7 Å². The fourth-order valence-electron chi connectivity index (χ4n) is 5.41. The van der Waals surface area contributed by atoms with E-state index >= 15 is 0 Å². The summed E-state index contributed by atoms with van der Waals surface area (Å²) in [6.45, 7) is 0. The minimum atomic E-state index is -0.169. The van der Waals surface area contributed by atoms with E-state index in [0.717, 1.165) is 53.5 Å². The molecule has 10 aromatic rings. The van der Waals surface area contributed by atoms with Gasteiger partial charge in [0, 0.05) is 122 Å². The third kappa shape index (κ3) is 13.8. The van der Waals surface area contributed by atoms with Crippen molar-refractivity contribution >= 4 is 117 Å². The van der Waals surface area contributed by atoms with Crippen molar-refractivity contribution in [1.29, 1.82) is 0 Å². The quantitative estimate of drug-likeness (QED) is 0.164. The number of fused-ring (bicyclic) bond motifs is 5. The number of pyridine rings is 10. The number of H-pyrrole nitrogens is 1. The molecule has 21 heteroatoms. The van der Waals surface area contributed by atoms with Crippen LogP contribution in [0.3, 0.4) is 0 Å². The van der Waals surface area contributed by atoms with Crippen LogP contribution in [-0.4, -0.2) is 78.3 Å². The van der Waals surface area contributed by atoms with Crippen LogP contribution in [0, 0.1) is 13.5 Å². The third-order valence-corrected chi connectivity index (χ3v) is 10.6. The van der Waals surface area contributed by atoms with Crippen molar-refractivity contribution in [3.05, 3.63) is 165 Å². The van der Waals surface area contributed by atoms with E-state index in [0.29, 0.717) is 49.1 Å². The molecule has 335 valence electrons. The summed E-state index contributed by atoms with van der Waals surface area (Å²) < 4.78 is 20.7. The van der Waals surface area contributed by atoms with E-state index in [1.165, 1.54) is 6.07 Å². The summed E-state index contributed by atoms with van der Waals surface area (Å²) in [6.07, 6.45) is 16.4. The monoisotopic (exact) mass is 1100 g/mol. The molecule has 10 rings (SSSR count). The number of aromatic amines is 1. The number of aromatic nitrogens is 10. The Morgan fingerprint density at radius 1 is 0.530 bits per heavy atom. The Morgan fingerprint density at radius 3 is 1.50 bits per heavy atom. The Labute approximate surface area is 431 Å². The summed E-state index contributed by atoms with van der Waals surface area (Å²) in [4.78, 5) is 50.2. The van der Waals surface area contributed by atoms with Gasteiger partial charge in [-0.15, -0.1) is 17.5 Å². The zero-order valence-electron chi connectivity index (χ0n) is 35.5. The normalized spacial score (nSPS) is 10.0. The predicted molar refractivity (Wildman–Crippen MR) is 260 cm³/mol. The van der Waals surface area contributed by atoms with Crippen LogP contribution in [0.4, 0.5) is 0 Å². The Kier molecular flexibility index (Phi) is 21.0. The van der Waals surface area contributed by atoms with Crippen LogP contribution in [0.5, 0.6) is 23.5 Å². The van der Waals surface area contributed by atoms with Gasteiger partial charge in [0.25, 0.3) is 0 Å². The second kappa shape index (κ2) is 26.0. The van der Waals surface area contributed by atoms with E-state index in [1.807, 2.05) is 0 Å². The first kappa shape index (κ1) is 53.2. The van der Waals surface area contributed by atoms with E-state index in [4.69, 9.17) is 65.4 Å². The number of hydrogen-bond donors (Lipinski definition) is 1. The molecule has 10 aromatic heterocycles. The fraction of sp³-hybridized carbons (Fsp3) is 0.0889. The van der Waals surface area contributed by atoms with Gasteiger partial charge in [-0.3, -0.25) is 29.7 Å². The molecule has 15 nitrogen and oxygen atoms in total. The van der Waals surface area contributed by atoms with Gasteiger partial charge >= 0.3 is 0 Å². The van der Waals surface area contributed by atoms with Gasteiger partial charge in [0.2, 0.25) is 23.2 Å². The van der Waals surface area contributed by atoms with Gasteiger partial charge < -0.3 is 36.3 Å². The summed E-state index contributed by atoms with van der Waals surface area (Å²) in [5.41, 5.74) is 3.64. The average Bonchev–Trinajstić information content (AvgIpc) is 3.32. The third-order valence-electron chi connectivity index (χ3n) is 8.54. The maximum absolute atomic E-state index is 10.9. The van der Waals surface area contributed by atoms with Crippen molar-refractivity contribution in [2.75, 3.05) is 28.4 Å². The molecule has 0 aliphatic rings. The van der Waals surface area contributed by atoms with Crippen LogP contribution < -0.4 is 24.5 Å². The Hall–Kier alpha value is -5.46. The Bertz CT molecular complexity index is 3190. The summed E-state index contributed by atoms with van der Waals surface area (Å²) >= 11 is 27.1. The zero-order chi connectivity index (χ0) is 45.6. The van der Waals surface area contributed by atoms with Gasteiger partial charge in [-0.25, -0.2) is 15.0 Å². The van der Waals surface area contributed by atoms with Crippen molar-refractivity contribution < 1.29 is 51.7 Å². The minimum Gasteiger partial charge on any atom is -0.482 e. The minimum absolute atomic E-state index is 0. The van der Waals surface area contributed by atoms with Gasteiger partial charge in [0.1, 0.15) is 4.47 Å². The molecule has 0 amide bonds. The summed E-state index contributed by atoms with van der Waals surface area (Å²) in [7, 11) is 6.28. The van der Waals surface area contributed by atoms with Crippen molar-refractivity contribution in [2.45, 2.75) is 0 Å². The summed E-state index contributed by atoms with van der Waals surface area (Å²) in [5, 5.41) is 6.68. The number of halogens is 5. The van der Waals surface area contributed by atoms with Crippen molar-refractivity contribution in [1.82, 2.24) is 49.8 Å². The molecule has 0 aliphatic heterocycles. The van der Waals surface area contributed by atoms with E-state index < -0.39 is 0 Å². The molecule has 0 bridgehead atoms. The first-order valence-electron chi connectivity index (χ1n) is 18.3. The number of methoxy groups -OCH3 is 4. The maximum Gasteiger partial charge on any atom is 0.250 e. The van der Waals surface area contributed by atoms with Crippen molar-refractivity contribution in [3.63, 3.8) is 0 Å². The molecule has 66 heavy (non-hydrogen) atoms. The fourth-order valence-corrected chi connectivity index (χ4v) is 6.79. The number of ether oxygens (including phenoxy) is 4. The largest absolute Gasteiger partial charge is 0.482 e. The van der Waals surface area contributed by atoms with Gasteiger partial charge in [0.05, 0.1) is 70.6 Å². The van der Waals surface area contributed by atoms with Crippen LogP contribution in [0.25, 0.3) is 54.5 Å². The van der Waals surface area contributed by atoms with E-state index in [-0.39, 0.29) is 45.7 Å². The van der Waals surface area contributed by atoms with E-state index in [9.17, 15) is 4.79 Å². The number of nitrogens with zero attached hydrogens (tertiary/aromatic N) is 9. The second-order valence-corrected chi connectivity index (χ2v) is 14.9. The number of nitrogens with one attached hydrogen (secondary N) is 1. The maximum atomic E-state index is 10.9. The molecule has 0 aromatic carbocycles. The molecule has 0 fully saturated rings. The van der Waals surface area contributed by atoms with Crippen LogP contribution in [0.2, 0.25) is 20.1 Å². The SMILES string of the molecule is COc1cc2ncc[c-]c2cn1.COc1cc2nccc(Cl)c2cn1.COc1cc2nccc(Cl)c2cn1.COc1ncc2c(Cl)ccnc2c1Br.O=c1cc2nccc(Cl)c2c[nH]1.[CH3-].[Y]. The molecular weight excluding hydrogens is 1070 g/mol. The standard InChI is InChI=1S/C9H6BrClN2O.2C9H7ClN2O.C9H7N2O.C8H5ClN2O.CH3.Y/c1-14-9-7(10)8-5(4-13-9)6(11)2-3-12-8;2*1-13-9-4-8-6(5-12-9)7(10)2-3-11-8;1-12-9-5-8-7(6-11-9)3-2-4-10-8;9-6-1-2-10-7-3-8(12)11-4-5(6)7;;/h2-4H,1H3;2*2-5H,1H3;2,4-6H,1H3;1-4H,(H,11,12);1H3;/q;;;-1;;-1;. The van der Waals surface area contributed by atoms with Gasteiger partial charge in [0.15, 0.2) is 5.88 Å². The molecule has 0 atom stereocenters. The van der Waals surface area contributed by atoms with Gasteiger partial charge in [-0.1, -0.05) is 52.6 Å². The average molecular weight is 1110 g/mol. The Balaban J connectivity index is 0.000000179. The number of rotatable bonds is 4. The number of hydrogen-bond acceptors (Lipinski definition) is 14.